The molecule has 1 atom stereocenters. The summed E-state index contributed by atoms with van der Waals surface area (Å²) < 4.78 is 0.154. The molecule has 0 heterocycles. The minimum Gasteiger partial charge on any atom is -0.480 e. The number of carbonyl (C=O) groups is 2. The van der Waals surface area contributed by atoms with Gasteiger partial charge in [0.1, 0.15) is 5.54 Å². The predicted octanol–water partition coefficient (Wildman–Crippen LogP) is 2.21. The summed E-state index contributed by atoms with van der Waals surface area (Å²) in [5.74, 6) is -0.993. The van der Waals surface area contributed by atoms with Crippen molar-refractivity contribution in [3.8, 4) is 0 Å². The highest BCUT2D eigenvalue weighted by atomic mass is 32.2. The van der Waals surface area contributed by atoms with Crippen molar-refractivity contribution in [1.82, 2.24) is 10.6 Å². The Balaban J connectivity index is 2.47. The number of rotatable bonds is 7. The molecule has 1 fully saturated rings. The first-order valence-electron chi connectivity index (χ1n) is 6.72. The van der Waals surface area contributed by atoms with Crippen LogP contribution < -0.4 is 10.6 Å². The molecule has 2 amide bonds. The van der Waals surface area contributed by atoms with Crippen LogP contribution in [0.2, 0.25) is 0 Å². The number of urea groups is 1. The SMILES string of the molecule is CCCC(C)(NC(=O)NCC1(SC)CCC1)C(=O)O. The lowest BCUT2D eigenvalue weighted by Gasteiger charge is -2.40. The smallest absolute Gasteiger partial charge is 0.329 e. The van der Waals surface area contributed by atoms with Crippen molar-refractivity contribution in [3.63, 3.8) is 0 Å². The normalized spacial score (nSPS) is 19.9. The molecule has 1 saturated carbocycles. The van der Waals surface area contributed by atoms with Gasteiger partial charge in [-0.1, -0.05) is 19.8 Å². The number of thioether (sulfide) groups is 1. The van der Waals surface area contributed by atoms with Crippen LogP contribution in [0, 0.1) is 0 Å². The van der Waals surface area contributed by atoms with Gasteiger partial charge in [0.15, 0.2) is 0 Å². The maximum absolute atomic E-state index is 11.8. The molecule has 0 bridgehead atoms. The summed E-state index contributed by atoms with van der Waals surface area (Å²) in [6, 6.07) is -0.390. The molecule has 110 valence electrons. The summed E-state index contributed by atoms with van der Waals surface area (Å²) in [5, 5.41) is 14.6. The van der Waals surface area contributed by atoms with E-state index in [1.165, 1.54) is 6.42 Å². The molecule has 0 aromatic carbocycles. The zero-order chi connectivity index (χ0) is 14.5. The molecule has 3 N–H and O–H groups in total. The van der Waals surface area contributed by atoms with Gasteiger partial charge in [0.25, 0.3) is 0 Å². The van der Waals surface area contributed by atoms with Crippen LogP contribution in [0.4, 0.5) is 4.79 Å². The van der Waals surface area contributed by atoms with E-state index in [1.54, 1.807) is 18.7 Å². The molecule has 19 heavy (non-hydrogen) atoms. The molecule has 1 aliphatic carbocycles. The lowest BCUT2D eigenvalue weighted by Crippen LogP contribution is -2.57. The second-order valence-electron chi connectivity index (χ2n) is 5.44. The molecule has 0 saturated heterocycles. The van der Waals surface area contributed by atoms with E-state index >= 15 is 0 Å². The lowest BCUT2D eigenvalue weighted by atomic mass is 9.84. The number of amides is 2. The van der Waals surface area contributed by atoms with E-state index in [0.717, 1.165) is 12.8 Å². The molecule has 1 aliphatic rings. The Bertz CT molecular complexity index is 339. The summed E-state index contributed by atoms with van der Waals surface area (Å²) in [6.45, 7) is 4.05. The van der Waals surface area contributed by atoms with Crippen LogP contribution >= 0.6 is 11.8 Å². The Morgan fingerprint density at radius 1 is 1.42 bits per heavy atom. The fraction of sp³-hybridized carbons (Fsp3) is 0.846. The van der Waals surface area contributed by atoms with E-state index in [2.05, 4.69) is 16.9 Å². The molecular formula is C13H24N2O3S. The zero-order valence-electron chi connectivity index (χ0n) is 11.9. The molecule has 0 radical (unpaired) electrons. The summed E-state index contributed by atoms with van der Waals surface area (Å²) >= 11 is 1.78. The van der Waals surface area contributed by atoms with Crippen LogP contribution in [0.1, 0.15) is 46.0 Å². The van der Waals surface area contributed by atoms with Crippen LogP contribution in [-0.4, -0.2) is 40.2 Å². The third kappa shape index (κ3) is 4.03. The van der Waals surface area contributed by atoms with Gasteiger partial charge < -0.3 is 15.7 Å². The fourth-order valence-electron chi connectivity index (χ4n) is 2.28. The second kappa shape index (κ2) is 6.50. The van der Waals surface area contributed by atoms with Gasteiger partial charge in [0.2, 0.25) is 0 Å². The van der Waals surface area contributed by atoms with Crippen molar-refractivity contribution in [2.24, 2.45) is 0 Å². The largest absolute Gasteiger partial charge is 0.480 e. The summed E-state index contributed by atoms with van der Waals surface area (Å²) in [5.41, 5.74) is -1.19. The van der Waals surface area contributed by atoms with Crippen LogP contribution in [-0.2, 0) is 4.79 Å². The van der Waals surface area contributed by atoms with Crippen molar-refractivity contribution < 1.29 is 14.7 Å². The third-order valence-corrected chi connectivity index (χ3v) is 5.30. The minimum atomic E-state index is -1.19. The van der Waals surface area contributed by atoms with Gasteiger partial charge in [-0.15, -0.1) is 0 Å². The molecule has 0 aliphatic heterocycles. The highest BCUT2D eigenvalue weighted by Gasteiger charge is 2.38. The maximum Gasteiger partial charge on any atom is 0.329 e. The van der Waals surface area contributed by atoms with Gasteiger partial charge in [-0.2, -0.15) is 11.8 Å². The molecule has 0 aromatic heterocycles. The summed E-state index contributed by atoms with van der Waals surface area (Å²) in [7, 11) is 0. The quantitative estimate of drug-likeness (QED) is 0.671. The molecule has 5 nitrogen and oxygen atoms in total. The first-order chi connectivity index (χ1) is 8.87. The Hall–Kier alpha value is -0.910. The molecule has 0 spiro atoms. The minimum absolute atomic E-state index is 0.154. The zero-order valence-corrected chi connectivity index (χ0v) is 12.7. The van der Waals surface area contributed by atoms with Gasteiger partial charge >= 0.3 is 12.0 Å². The maximum atomic E-state index is 11.8. The van der Waals surface area contributed by atoms with E-state index in [0.29, 0.717) is 19.4 Å². The van der Waals surface area contributed by atoms with E-state index in [4.69, 9.17) is 0 Å². The second-order valence-corrected chi connectivity index (χ2v) is 6.71. The van der Waals surface area contributed by atoms with Gasteiger partial charge in [-0.25, -0.2) is 9.59 Å². The van der Waals surface area contributed by atoms with Crippen LogP contribution in [0.25, 0.3) is 0 Å². The Labute approximate surface area is 118 Å². The van der Waals surface area contributed by atoms with Crippen molar-refractivity contribution in [2.75, 3.05) is 12.8 Å². The molecule has 1 rings (SSSR count). The van der Waals surface area contributed by atoms with E-state index < -0.39 is 17.5 Å². The van der Waals surface area contributed by atoms with E-state index in [1.807, 2.05) is 6.92 Å². The number of carboxylic acids is 1. The first kappa shape index (κ1) is 16.1. The highest BCUT2D eigenvalue weighted by Crippen LogP contribution is 2.42. The highest BCUT2D eigenvalue weighted by molar-refractivity contribution is 8.00. The number of carbonyl (C=O) groups excluding carboxylic acids is 1. The fourth-order valence-corrected chi connectivity index (χ4v) is 3.20. The van der Waals surface area contributed by atoms with Crippen molar-refractivity contribution in [1.29, 1.82) is 0 Å². The van der Waals surface area contributed by atoms with Crippen molar-refractivity contribution >= 4 is 23.8 Å². The van der Waals surface area contributed by atoms with Gasteiger partial charge in [0.05, 0.1) is 0 Å². The standard InChI is InChI=1S/C13H24N2O3S/c1-4-6-12(2,10(16)17)15-11(18)14-9-13(19-3)7-5-8-13/h4-9H2,1-3H3,(H,16,17)(H2,14,15,18). The average Bonchev–Trinajstić information content (AvgIpc) is 2.28. The van der Waals surface area contributed by atoms with Crippen LogP contribution in [0.15, 0.2) is 0 Å². The van der Waals surface area contributed by atoms with E-state index in [-0.39, 0.29) is 4.75 Å². The summed E-state index contributed by atoms with van der Waals surface area (Å²) in [4.78, 5) is 23.1. The van der Waals surface area contributed by atoms with Gasteiger partial charge in [-0.3, -0.25) is 0 Å². The number of carboxylic acid groups (broad SMARTS) is 1. The number of aliphatic carboxylic acids is 1. The van der Waals surface area contributed by atoms with Crippen LogP contribution in [0.3, 0.4) is 0 Å². The number of hydrogen-bond donors (Lipinski definition) is 3. The average molecular weight is 288 g/mol. The molecule has 0 aromatic rings. The van der Waals surface area contributed by atoms with Gasteiger partial charge in [0, 0.05) is 11.3 Å². The van der Waals surface area contributed by atoms with Crippen molar-refractivity contribution in [3.05, 3.63) is 0 Å². The Kier molecular flexibility index (Phi) is 5.52. The van der Waals surface area contributed by atoms with Gasteiger partial charge in [-0.05, 0) is 32.4 Å². The van der Waals surface area contributed by atoms with E-state index in [9.17, 15) is 14.7 Å². The lowest BCUT2D eigenvalue weighted by molar-refractivity contribution is -0.144. The Morgan fingerprint density at radius 2 is 2.05 bits per heavy atom. The number of hydrogen-bond acceptors (Lipinski definition) is 3. The first-order valence-corrected chi connectivity index (χ1v) is 7.94. The Morgan fingerprint density at radius 3 is 2.42 bits per heavy atom. The molecular weight excluding hydrogens is 264 g/mol. The van der Waals surface area contributed by atoms with Crippen molar-refractivity contribution in [2.45, 2.75) is 56.2 Å². The van der Waals surface area contributed by atoms with Crippen LogP contribution in [0.5, 0.6) is 0 Å². The topological polar surface area (TPSA) is 78.4 Å². The molecule has 1 unspecified atom stereocenters. The number of nitrogens with one attached hydrogen (secondary N) is 2. The predicted molar refractivity (Wildman–Crippen MR) is 77.6 cm³/mol. The summed E-state index contributed by atoms with van der Waals surface area (Å²) in [6.07, 6.45) is 6.60. The molecule has 6 heteroatoms. The monoisotopic (exact) mass is 288 g/mol. The third-order valence-electron chi connectivity index (χ3n) is 3.88.